The molecule has 4 aliphatic rings. The summed E-state index contributed by atoms with van der Waals surface area (Å²) in [6.45, 7) is 14.0. The molecule has 4 aliphatic heterocycles. The van der Waals surface area contributed by atoms with E-state index in [0.29, 0.717) is 41.6 Å². The molecular weight excluding hydrogens is 831 g/mol. The zero-order chi connectivity index (χ0) is 44.5. The zero-order valence-corrected chi connectivity index (χ0v) is 37.9. The van der Waals surface area contributed by atoms with Crippen molar-refractivity contribution >= 4 is 28.8 Å². The standard InChI is InChI=1S/C48H59N9O6S/c1-29(2)45(48(61)57-27-36(58)23-41(57)47(60)50-30(3)32-9-11-33(12-10-32)46-31(4)49-28-64-46)43-25-44(53-63-43)62-22-21-54-17-15-34(16-18-54)55-19-20-56-35(26-55)13-14-38-40(56)24-39(52-51-38)37-7-5-6-8-42(37)59/h5-12,24-25,28-30,34-36,41,45,58-59H,13-23,26-27H2,1-4H3,(H,50,60)/t30-,35-,36+,41-,45+/m0/s1. The van der Waals surface area contributed by atoms with Crippen LogP contribution in [0.4, 0.5) is 5.69 Å². The zero-order valence-electron chi connectivity index (χ0n) is 37.1. The molecule has 5 atom stereocenters. The van der Waals surface area contributed by atoms with E-state index in [2.05, 4.69) is 46.4 Å². The van der Waals surface area contributed by atoms with Gasteiger partial charge in [0, 0.05) is 62.9 Å². The molecule has 338 valence electrons. The number of rotatable bonds is 13. The van der Waals surface area contributed by atoms with Gasteiger partial charge in [0.15, 0.2) is 5.76 Å². The quantitative estimate of drug-likeness (QED) is 0.129. The maximum atomic E-state index is 14.2. The first-order valence-electron chi connectivity index (χ1n) is 22.8. The Kier molecular flexibility index (Phi) is 13.0. The number of benzene rings is 2. The molecule has 0 radical (unpaired) electrons. The highest BCUT2D eigenvalue weighted by molar-refractivity contribution is 7.13. The van der Waals surface area contributed by atoms with Gasteiger partial charge in [0.2, 0.25) is 11.8 Å². The first-order valence-corrected chi connectivity index (χ1v) is 23.7. The average Bonchev–Trinajstić information content (AvgIpc) is 4.06. The maximum Gasteiger partial charge on any atom is 0.254 e. The van der Waals surface area contributed by atoms with Crippen molar-refractivity contribution in [2.75, 3.05) is 57.3 Å². The lowest BCUT2D eigenvalue weighted by Gasteiger charge is -2.49. The number of para-hydroxylation sites is 1. The number of thiazole rings is 1. The van der Waals surface area contributed by atoms with Gasteiger partial charge in [-0.25, -0.2) is 4.98 Å². The van der Waals surface area contributed by atoms with E-state index in [-0.39, 0.29) is 42.5 Å². The second-order valence-electron chi connectivity index (χ2n) is 18.2. The molecule has 0 bridgehead atoms. The molecule has 0 spiro atoms. The Bertz CT molecular complexity index is 2420. The minimum Gasteiger partial charge on any atom is -0.507 e. The van der Waals surface area contributed by atoms with Crippen LogP contribution in [-0.4, -0.2) is 134 Å². The number of carbonyl (C=O) groups is 2. The minimum atomic E-state index is -0.816. The van der Waals surface area contributed by atoms with Gasteiger partial charge in [0.25, 0.3) is 5.88 Å². The molecule has 3 saturated heterocycles. The molecule has 3 aromatic heterocycles. The number of nitrogens with one attached hydrogen (secondary N) is 1. The van der Waals surface area contributed by atoms with Gasteiger partial charge in [0.05, 0.1) is 45.3 Å². The van der Waals surface area contributed by atoms with Gasteiger partial charge >= 0.3 is 0 Å². The van der Waals surface area contributed by atoms with Gasteiger partial charge in [-0.05, 0) is 93.0 Å². The van der Waals surface area contributed by atoms with E-state index in [4.69, 9.17) is 9.26 Å². The summed E-state index contributed by atoms with van der Waals surface area (Å²) in [7, 11) is 0. The monoisotopic (exact) mass is 889 g/mol. The molecule has 16 heteroatoms. The number of aryl methyl sites for hydroxylation is 2. The maximum absolute atomic E-state index is 14.2. The van der Waals surface area contributed by atoms with E-state index in [1.807, 2.05) is 75.7 Å². The predicted octanol–water partition coefficient (Wildman–Crippen LogP) is 5.83. The van der Waals surface area contributed by atoms with E-state index < -0.39 is 18.1 Å². The Morgan fingerprint density at radius 1 is 0.969 bits per heavy atom. The summed E-state index contributed by atoms with van der Waals surface area (Å²) >= 11 is 1.60. The second kappa shape index (κ2) is 19.0. The number of hydrogen-bond donors (Lipinski definition) is 3. The molecule has 2 aromatic carbocycles. The van der Waals surface area contributed by atoms with E-state index >= 15 is 0 Å². The molecule has 64 heavy (non-hydrogen) atoms. The number of piperidine rings is 1. The van der Waals surface area contributed by atoms with Crippen molar-refractivity contribution in [1.29, 1.82) is 0 Å². The van der Waals surface area contributed by atoms with Crippen LogP contribution in [0.25, 0.3) is 21.7 Å². The number of hydrogen-bond acceptors (Lipinski definition) is 14. The van der Waals surface area contributed by atoms with Crippen LogP contribution in [0.1, 0.15) is 81.1 Å². The van der Waals surface area contributed by atoms with Crippen molar-refractivity contribution in [2.45, 2.75) is 96.0 Å². The van der Waals surface area contributed by atoms with E-state index in [0.717, 1.165) is 98.0 Å². The molecule has 2 amide bonds. The molecule has 7 heterocycles. The third-order valence-corrected chi connectivity index (χ3v) is 14.7. The fourth-order valence-electron chi connectivity index (χ4n) is 10.1. The Morgan fingerprint density at radius 2 is 1.77 bits per heavy atom. The number of carbonyl (C=O) groups excluding carboxylic acids is 2. The second-order valence-corrected chi connectivity index (χ2v) is 19.0. The fraction of sp³-hybridized carbons (Fsp3) is 0.500. The number of amides is 2. The summed E-state index contributed by atoms with van der Waals surface area (Å²) in [6, 6.07) is 19.0. The van der Waals surface area contributed by atoms with Crippen molar-refractivity contribution in [3.8, 4) is 33.3 Å². The van der Waals surface area contributed by atoms with Crippen molar-refractivity contribution in [2.24, 2.45) is 5.92 Å². The van der Waals surface area contributed by atoms with Crippen LogP contribution in [0.5, 0.6) is 11.6 Å². The van der Waals surface area contributed by atoms with Crippen molar-refractivity contribution in [3.05, 3.63) is 88.9 Å². The van der Waals surface area contributed by atoms with Crippen molar-refractivity contribution in [1.82, 2.24) is 40.4 Å². The lowest BCUT2D eigenvalue weighted by Crippen LogP contribution is -2.59. The number of aliphatic hydroxyl groups excluding tert-OH is 1. The summed E-state index contributed by atoms with van der Waals surface area (Å²) in [6.07, 6.45) is 3.51. The highest BCUT2D eigenvalue weighted by Crippen LogP contribution is 2.37. The van der Waals surface area contributed by atoms with Crippen molar-refractivity contribution < 1.29 is 29.1 Å². The van der Waals surface area contributed by atoms with Crippen LogP contribution in [0.3, 0.4) is 0 Å². The van der Waals surface area contributed by atoms with Crippen LogP contribution in [0.15, 0.2) is 70.7 Å². The van der Waals surface area contributed by atoms with Gasteiger partial charge in [-0.2, -0.15) is 5.10 Å². The predicted molar refractivity (Wildman–Crippen MR) is 244 cm³/mol. The number of aromatic nitrogens is 4. The normalized spacial score (nSPS) is 21.7. The van der Waals surface area contributed by atoms with Crippen LogP contribution in [0.2, 0.25) is 0 Å². The Labute approximate surface area is 378 Å². The van der Waals surface area contributed by atoms with Gasteiger partial charge in [-0.15, -0.1) is 16.4 Å². The van der Waals surface area contributed by atoms with Gasteiger partial charge in [-0.1, -0.05) is 50.2 Å². The van der Waals surface area contributed by atoms with Gasteiger partial charge in [0.1, 0.15) is 24.3 Å². The number of phenolic OH excluding ortho intramolecular Hbond substituents is 1. The lowest BCUT2D eigenvalue weighted by molar-refractivity contribution is -0.141. The first-order chi connectivity index (χ1) is 31.0. The Balaban J connectivity index is 0.742. The fourth-order valence-corrected chi connectivity index (χ4v) is 10.9. The Morgan fingerprint density at radius 3 is 2.52 bits per heavy atom. The molecule has 9 rings (SSSR count). The molecule has 15 nitrogen and oxygen atoms in total. The molecule has 0 unspecified atom stereocenters. The number of phenols is 1. The van der Waals surface area contributed by atoms with Gasteiger partial charge in [-0.3, -0.25) is 19.4 Å². The van der Waals surface area contributed by atoms with E-state index in [1.165, 1.54) is 4.90 Å². The minimum absolute atomic E-state index is 0.0647. The number of aromatic hydroxyl groups is 1. The Hall–Kier alpha value is -5.42. The topological polar surface area (TPSA) is 174 Å². The molecule has 0 aliphatic carbocycles. The highest BCUT2D eigenvalue weighted by atomic mass is 32.1. The molecular formula is C48H59N9O6S. The van der Waals surface area contributed by atoms with E-state index in [1.54, 1.807) is 23.5 Å². The summed E-state index contributed by atoms with van der Waals surface area (Å²) in [5.74, 6) is -0.524. The molecule has 0 saturated carbocycles. The number of nitrogens with zero attached hydrogens (tertiary/aromatic N) is 8. The number of aliphatic hydroxyl groups is 1. The summed E-state index contributed by atoms with van der Waals surface area (Å²) < 4.78 is 11.8. The molecule has 3 fully saturated rings. The lowest BCUT2D eigenvalue weighted by atomic mass is 9.91. The van der Waals surface area contributed by atoms with Crippen molar-refractivity contribution in [3.63, 3.8) is 0 Å². The third kappa shape index (κ3) is 9.23. The summed E-state index contributed by atoms with van der Waals surface area (Å²) in [4.78, 5) is 42.5. The number of fused-ring (bicyclic) bond motifs is 3. The van der Waals surface area contributed by atoms with E-state index in [9.17, 15) is 19.8 Å². The smallest absolute Gasteiger partial charge is 0.254 e. The SMILES string of the molecule is Cc1ncsc1-c1ccc([C@H](C)NC(=O)[C@@H]2C[C@@H](O)CN2C(=O)[C@@H](c2cc(OCCN3CCC(N4CCN5c6cc(-c7ccccc7O)nnc6CC[C@H]5C4)CC3)no2)C(C)C)cc1. The number of ether oxygens (including phenoxy) is 1. The van der Waals surface area contributed by atoms with Gasteiger partial charge < -0.3 is 34.6 Å². The molecule has 3 N–H and O–H groups in total. The van der Waals surface area contributed by atoms with Crippen LogP contribution >= 0.6 is 11.3 Å². The summed E-state index contributed by atoms with van der Waals surface area (Å²) in [5.41, 5.74) is 8.44. The first kappa shape index (κ1) is 43.8. The third-order valence-electron chi connectivity index (χ3n) is 13.7. The number of β-amino-alcohol motifs (C(OH)–C–C–N with tert-alkyl or cyclic N) is 1. The van der Waals surface area contributed by atoms with Crippen LogP contribution in [0, 0.1) is 12.8 Å². The molecule has 5 aromatic rings. The van der Waals surface area contributed by atoms with Crippen LogP contribution < -0.4 is 15.0 Å². The summed E-state index contributed by atoms with van der Waals surface area (Å²) in [5, 5.41) is 37.4. The average molecular weight is 890 g/mol. The number of likely N-dealkylation sites (tertiary alicyclic amines) is 2. The highest BCUT2D eigenvalue weighted by Gasteiger charge is 2.44. The van der Waals surface area contributed by atoms with Crippen LogP contribution in [-0.2, 0) is 16.0 Å². The number of piperazine rings is 1. The largest absolute Gasteiger partial charge is 0.507 e. The number of anilines is 1.